The molecule has 0 saturated carbocycles. The van der Waals surface area contributed by atoms with Crippen molar-refractivity contribution in [1.29, 1.82) is 0 Å². The van der Waals surface area contributed by atoms with Crippen molar-refractivity contribution in [3.8, 4) is 11.5 Å². The molecule has 0 amide bonds. The van der Waals surface area contributed by atoms with Gasteiger partial charge in [0, 0.05) is 18.6 Å². The fraction of sp³-hybridized carbons (Fsp3) is 0.455. The molecule has 2 unspecified atom stereocenters. The van der Waals surface area contributed by atoms with Gasteiger partial charge in [-0.3, -0.25) is 4.90 Å². The lowest BCUT2D eigenvalue weighted by Crippen LogP contribution is -2.49. The number of piperidine rings is 1. The van der Waals surface area contributed by atoms with E-state index in [1.807, 2.05) is 18.2 Å². The van der Waals surface area contributed by atoms with Crippen LogP contribution >= 0.6 is 0 Å². The lowest BCUT2D eigenvalue weighted by Gasteiger charge is -2.44. The van der Waals surface area contributed by atoms with E-state index in [0.717, 1.165) is 37.8 Å². The molecule has 2 aliphatic heterocycles. The number of fused-ring (bicyclic) bond motifs is 2. The van der Waals surface area contributed by atoms with Crippen molar-refractivity contribution in [3.05, 3.63) is 59.7 Å². The molecule has 2 aromatic rings. The molecule has 4 heteroatoms. The molecule has 1 N–H and O–H groups in total. The van der Waals surface area contributed by atoms with E-state index in [0.29, 0.717) is 23.6 Å². The quantitative estimate of drug-likeness (QED) is 0.890. The number of methoxy groups -OCH3 is 2. The SMILES string of the molecule is COc1ccc(C2(O)CC3CCC(C2)N3Cc2ccccc2)cc1OC. The van der Waals surface area contributed by atoms with Gasteiger partial charge in [0.1, 0.15) is 0 Å². The molecule has 0 aromatic heterocycles. The molecule has 0 radical (unpaired) electrons. The van der Waals surface area contributed by atoms with Crippen LogP contribution in [0.5, 0.6) is 11.5 Å². The predicted molar refractivity (Wildman–Crippen MR) is 101 cm³/mol. The van der Waals surface area contributed by atoms with E-state index in [9.17, 15) is 5.11 Å². The average Bonchev–Trinajstić information content (AvgIpc) is 2.92. The van der Waals surface area contributed by atoms with E-state index in [4.69, 9.17) is 9.47 Å². The van der Waals surface area contributed by atoms with E-state index >= 15 is 0 Å². The molecule has 2 saturated heterocycles. The largest absolute Gasteiger partial charge is 0.493 e. The standard InChI is InChI=1S/C22H27NO3/c1-25-20-11-8-17(12-21(20)26-2)22(24)13-18-9-10-19(14-22)23(18)15-16-6-4-3-5-7-16/h3-8,11-12,18-19,24H,9-10,13-15H2,1-2H3. The maximum atomic E-state index is 11.5. The van der Waals surface area contributed by atoms with Crippen molar-refractivity contribution < 1.29 is 14.6 Å². The topological polar surface area (TPSA) is 41.9 Å². The molecule has 2 atom stereocenters. The Morgan fingerprint density at radius 2 is 1.62 bits per heavy atom. The molecule has 0 aliphatic carbocycles. The lowest BCUT2D eigenvalue weighted by atomic mass is 9.80. The number of nitrogens with zero attached hydrogens (tertiary/aromatic N) is 1. The zero-order chi connectivity index (χ0) is 18.1. The minimum absolute atomic E-state index is 0.423. The van der Waals surface area contributed by atoms with Crippen LogP contribution in [0.4, 0.5) is 0 Å². The van der Waals surface area contributed by atoms with E-state index in [1.165, 1.54) is 5.56 Å². The lowest BCUT2D eigenvalue weighted by molar-refractivity contribution is -0.0596. The summed E-state index contributed by atoms with van der Waals surface area (Å²) in [5, 5.41) is 11.5. The summed E-state index contributed by atoms with van der Waals surface area (Å²) in [4.78, 5) is 2.59. The fourth-order valence-corrected chi connectivity index (χ4v) is 4.73. The zero-order valence-electron chi connectivity index (χ0n) is 15.5. The molecule has 138 valence electrons. The average molecular weight is 353 g/mol. The van der Waals surface area contributed by atoms with E-state index in [-0.39, 0.29) is 0 Å². The number of aliphatic hydroxyl groups is 1. The van der Waals surface area contributed by atoms with E-state index in [2.05, 4.69) is 35.2 Å². The minimum atomic E-state index is -0.793. The molecule has 26 heavy (non-hydrogen) atoms. The van der Waals surface area contributed by atoms with Crippen LogP contribution in [0.3, 0.4) is 0 Å². The van der Waals surface area contributed by atoms with Gasteiger partial charge in [-0.1, -0.05) is 36.4 Å². The van der Waals surface area contributed by atoms with Crippen LogP contribution in [0.25, 0.3) is 0 Å². The third kappa shape index (κ3) is 3.08. The molecule has 2 heterocycles. The Balaban J connectivity index is 1.56. The first kappa shape index (κ1) is 17.4. The Morgan fingerprint density at radius 3 is 2.23 bits per heavy atom. The monoisotopic (exact) mass is 353 g/mol. The minimum Gasteiger partial charge on any atom is -0.493 e. The number of rotatable bonds is 5. The van der Waals surface area contributed by atoms with Crippen molar-refractivity contribution in [2.45, 2.75) is 49.9 Å². The van der Waals surface area contributed by atoms with Gasteiger partial charge in [0.2, 0.25) is 0 Å². The number of hydrogen-bond acceptors (Lipinski definition) is 4. The van der Waals surface area contributed by atoms with Gasteiger partial charge in [-0.05, 0) is 48.9 Å². The van der Waals surface area contributed by atoms with Gasteiger partial charge in [0.05, 0.1) is 19.8 Å². The van der Waals surface area contributed by atoms with Gasteiger partial charge < -0.3 is 14.6 Å². The van der Waals surface area contributed by atoms with Gasteiger partial charge in [-0.25, -0.2) is 0 Å². The zero-order valence-corrected chi connectivity index (χ0v) is 15.5. The van der Waals surface area contributed by atoms with E-state index < -0.39 is 5.60 Å². The van der Waals surface area contributed by atoms with Crippen LogP contribution in [0.2, 0.25) is 0 Å². The van der Waals surface area contributed by atoms with Crippen LogP contribution < -0.4 is 9.47 Å². The summed E-state index contributed by atoms with van der Waals surface area (Å²) in [7, 11) is 3.27. The van der Waals surface area contributed by atoms with Crippen LogP contribution in [0, 0.1) is 0 Å². The smallest absolute Gasteiger partial charge is 0.161 e. The summed E-state index contributed by atoms with van der Waals surface area (Å²) in [6, 6.07) is 17.3. The molecule has 4 rings (SSSR count). The van der Waals surface area contributed by atoms with Crippen molar-refractivity contribution in [2.75, 3.05) is 14.2 Å². The van der Waals surface area contributed by atoms with Crippen LogP contribution in [-0.4, -0.2) is 36.3 Å². The number of hydrogen-bond donors (Lipinski definition) is 1. The van der Waals surface area contributed by atoms with Gasteiger partial charge in [-0.2, -0.15) is 0 Å². The van der Waals surface area contributed by atoms with Gasteiger partial charge in [0.15, 0.2) is 11.5 Å². The second kappa shape index (κ2) is 6.93. The summed E-state index contributed by atoms with van der Waals surface area (Å²) in [6.07, 6.45) is 3.86. The Morgan fingerprint density at radius 1 is 0.962 bits per heavy atom. The van der Waals surface area contributed by atoms with Gasteiger partial charge in [0.25, 0.3) is 0 Å². The molecule has 0 spiro atoms. The van der Waals surface area contributed by atoms with Crippen LogP contribution in [-0.2, 0) is 12.1 Å². The third-order valence-corrected chi connectivity index (χ3v) is 6.05. The summed E-state index contributed by atoms with van der Waals surface area (Å²) in [6.45, 7) is 0.970. The Kier molecular flexibility index (Phi) is 4.63. The highest BCUT2D eigenvalue weighted by molar-refractivity contribution is 5.45. The summed E-state index contributed by atoms with van der Waals surface area (Å²) < 4.78 is 10.8. The Hall–Kier alpha value is -2.04. The molecule has 2 aliphatic rings. The first-order valence-electron chi connectivity index (χ1n) is 9.37. The number of ether oxygens (including phenoxy) is 2. The Labute approximate surface area is 155 Å². The summed E-state index contributed by atoms with van der Waals surface area (Å²) >= 11 is 0. The first-order chi connectivity index (χ1) is 12.6. The molecule has 4 nitrogen and oxygen atoms in total. The molecule has 2 aromatic carbocycles. The summed E-state index contributed by atoms with van der Waals surface area (Å²) in [5.74, 6) is 1.38. The van der Waals surface area contributed by atoms with Gasteiger partial charge in [-0.15, -0.1) is 0 Å². The van der Waals surface area contributed by atoms with Crippen molar-refractivity contribution in [2.24, 2.45) is 0 Å². The molecule has 2 bridgehead atoms. The summed E-state index contributed by atoms with van der Waals surface area (Å²) in [5.41, 5.74) is 1.49. The Bertz CT molecular complexity index is 747. The predicted octanol–water partition coefficient (Wildman–Crippen LogP) is 3.72. The normalized spacial score (nSPS) is 28.1. The van der Waals surface area contributed by atoms with Crippen LogP contribution in [0.15, 0.2) is 48.5 Å². The maximum Gasteiger partial charge on any atom is 0.161 e. The molecular formula is C22H27NO3. The third-order valence-electron chi connectivity index (χ3n) is 6.05. The second-order valence-corrected chi connectivity index (χ2v) is 7.55. The van der Waals surface area contributed by atoms with E-state index in [1.54, 1.807) is 14.2 Å². The van der Waals surface area contributed by atoms with Gasteiger partial charge >= 0.3 is 0 Å². The highest BCUT2D eigenvalue weighted by Gasteiger charge is 2.48. The maximum absolute atomic E-state index is 11.5. The molecule has 2 fully saturated rings. The first-order valence-corrected chi connectivity index (χ1v) is 9.37. The highest BCUT2D eigenvalue weighted by atomic mass is 16.5. The second-order valence-electron chi connectivity index (χ2n) is 7.55. The number of benzene rings is 2. The molecular weight excluding hydrogens is 326 g/mol. The van der Waals surface area contributed by atoms with Crippen molar-refractivity contribution in [3.63, 3.8) is 0 Å². The van der Waals surface area contributed by atoms with Crippen LogP contribution in [0.1, 0.15) is 36.8 Å². The van der Waals surface area contributed by atoms with Crippen molar-refractivity contribution in [1.82, 2.24) is 4.90 Å². The van der Waals surface area contributed by atoms with Crippen molar-refractivity contribution >= 4 is 0 Å². The fourth-order valence-electron chi connectivity index (χ4n) is 4.73. The highest BCUT2D eigenvalue weighted by Crippen LogP contribution is 2.47.